The minimum absolute atomic E-state index is 0.718. The third-order valence-electron chi connectivity index (χ3n) is 6.00. The largest absolute Gasteiger partial charge is 0.496 e. The first kappa shape index (κ1) is 23.2. The lowest BCUT2D eigenvalue weighted by atomic mass is 9.95. The van der Waals surface area contributed by atoms with E-state index >= 15 is 0 Å². The molecule has 0 fully saturated rings. The van der Waals surface area contributed by atoms with Gasteiger partial charge in [0, 0.05) is 24.0 Å². The van der Waals surface area contributed by atoms with E-state index in [0.29, 0.717) is 0 Å². The summed E-state index contributed by atoms with van der Waals surface area (Å²) < 4.78 is 23.2. The standard InChI is InChI=1S/C30H30O4/c1-31-27-17-23(18-28(32-2)25(27)15-21-11-7-5-8-12-21)24-19-29(33-3)26(30(20-24)34-4)16-22-13-9-6-10-14-22/h5-14,17-20H,15-16H2,1-4H3. The van der Waals surface area contributed by atoms with E-state index in [9.17, 15) is 0 Å². The van der Waals surface area contributed by atoms with Gasteiger partial charge in [-0.2, -0.15) is 0 Å². The zero-order chi connectivity index (χ0) is 23.9. The molecule has 34 heavy (non-hydrogen) atoms. The highest BCUT2D eigenvalue weighted by atomic mass is 16.5. The maximum Gasteiger partial charge on any atom is 0.126 e. The van der Waals surface area contributed by atoms with E-state index in [4.69, 9.17) is 18.9 Å². The zero-order valence-electron chi connectivity index (χ0n) is 20.1. The first-order valence-corrected chi connectivity index (χ1v) is 11.2. The highest BCUT2D eigenvalue weighted by Gasteiger charge is 2.18. The van der Waals surface area contributed by atoms with Crippen molar-refractivity contribution >= 4 is 0 Å². The molecule has 4 heteroatoms. The zero-order valence-corrected chi connectivity index (χ0v) is 20.1. The molecule has 4 nitrogen and oxygen atoms in total. The number of hydrogen-bond acceptors (Lipinski definition) is 4. The Morgan fingerprint density at radius 1 is 0.441 bits per heavy atom. The van der Waals surface area contributed by atoms with Gasteiger partial charge >= 0.3 is 0 Å². The number of benzene rings is 4. The van der Waals surface area contributed by atoms with Crippen LogP contribution in [-0.2, 0) is 12.8 Å². The molecule has 174 valence electrons. The fraction of sp³-hybridized carbons (Fsp3) is 0.200. The van der Waals surface area contributed by atoms with Crippen LogP contribution in [0.25, 0.3) is 11.1 Å². The Balaban J connectivity index is 1.77. The SMILES string of the molecule is COc1cc(-c2cc(OC)c(Cc3ccccc3)c(OC)c2)cc(OC)c1Cc1ccccc1. The van der Waals surface area contributed by atoms with E-state index in [-0.39, 0.29) is 0 Å². The lowest BCUT2D eigenvalue weighted by Crippen LogP contribution is -2.01. The van der Waals surface area contributed by atoms with Crippen molar-refractivity contribution in [2.45, 2.75) is 12.8 Å². The van der Waals surface area contributed by atoms with Crippen LogP contribution in [0.3, 0.4) is 0 Å². The number of hydrogen-bond donors (Lipinski definition) is 0. The van der Waals surface area contributed by atoms with Gasteiger partial charge in [0.25, 0.3) is 0 Å². The number of methoxy groups -OCH3 is 4. The summed E-state index contributed by atoms with van der Waals surface area (Å²) >= 11 is 0. The van der Waals surface area contributed by atoms with E-state index in [1.54, 1.807) is 28.4 Å². The van der Waals surface area contributed by atoms with Crippen molar-refractivity contribution in [3.05, 3.63) is 107 Å². The Bertz CT molecular complexity index is 1080. The predicted molar refractivity (Wildman–Crippen MR) is 137 cm³/mol. The van der Waals surface area contributed by atoms with Crippen molar-refractivity contribution in [1.29, 1.82) is 0 Å². The summed E-state index contributed by atoms with van der Waals surface area (Å²) in [4.78, 5) is 0. The Kier molecular flexibility index (Phi) is 7.38. The summed E-state index contributed by atoms with van der Waals surface area (Å²) in [5.74, 6) is 3.13. The first-order valence-electron chi connectivity index (χ1n) is 11.2. The highest BCUT2D eigenvalue weighted by Crippen LogP contribution is 2.41. The molecule has 0 radical (unpaired) electrons. The summed E-state index contributed by atoms with van der Waals surface area (Å²) in [6.45, 7) is 0. The average molecular weight is 455 g/mol. The molecule has 0 heterocycles. The summed E-state index contributed by atoms with van der Waals surface area (Å²) in [6.07, 6.45) is 1.44. The Morgan fingerprint density at radius 2 is 0.735 bits per heavy atom. The van der Waals surface area contributed by atoms with Gasteiger partial charge in [-0.05, 0) is 46.5 Å². The molecule has 0 aliphatic carbocycles. The number of ether oxygens (including phenoxy) is 4. The van der Waals surface area contributed by atoms with E-state index in [0.717, 1.165) is 58.1 Å². The second-order valence-electron chi connectivity index (χ2n) is 8.04. The van der Waals surface area contributed by atoms with Crippen LogP contribution < -0.4 is 18.9 Å². The van der Waals surface area contributed by atoms with Crippen LogP contribution in [0.5, 0.6) is 23.0 Å². The van der Waals surface area contributed by atoms with Gasteiger partial charge in [0.2, 0.25) is 0 Å². The van der Waals surface area contributed by atoms with Gasteiger partial charge in [0.1, 0.15) is 23.0 Å². The van der Waals surface area contributed by atoms with E-state index in [2.05, 4.69) is 24.3 Å². The van der Waals surface area contributed by atoms with Gasteiger partial charge in [0.05, 0.1) is 28.4 Å². The molecule has 4 rings (SSSR count). The molecule has 0 amide bonds. The van der Waals surface area contributed by atoms with Crippen molar-refractivity contribution in [3.63, 3.8) is 0 Å². The van der Waals surface area contributed by atoms with Crippen LogP contribution in [-0.4, -0.2) is 28.4 Å². The molecule has 0 aromatic heterocycles. The molecule has 0 saturated heterocycles. The Labute approximate surface area is 201 Å². The first-order chi connectivity index (χ1) is 16.7. The smallest absolute Gasteiger partial charge is 0.126 e. The van der Waals surface area contributed by atoms with Gasteiger partial charge in [0.15, 0.2) is 0 Å². The van der Waals surface area contributed by atoms with Crippen LogP contribution in [0.2, 0.25) is 0 Å². The van der Waals surface area contributed by atoms with Crippen LogP contribution in [0.15, 0.2) is 84.9 Å². The monoisotopic (exact) mass is 454 g/mol. The van der Waals surface area contributed by atoms with Gasteiger partial charge in [-0.3, -0.25) is 0 Å². The van der Waals surface area contributed by atoms with Crippen LogP contribution in [0.1, 0.15) is 22.3 Å². The minimum atomic E-state index is 0.718. The molecule has 0 unspecified atom stereocenters. The molecule has 4 aromatic rings. The molecule has 0 spiro atoms. The Hall–Kier alpha value is -3.92. The predicted octanol–water partition coefficient (Wildman–Crippen LogP) is 6.57. The van der Waals surface area contributed by atoms with E-state index < -0.39 is 0 Å². The summed E-state index contributed by atoms with van der Waals surface area (Å²) in [5, 5.41) is 0. The summed E-state index contributed by atoms with van der Waals surface area (Å²) in [7, 11) is 6.77. The summed E-state index contributed by atoms with van der Waals surface area (Å²) in [5.41, 5.74) is 6.35. The number of rotatable bonds is 9. The van der Waals surface area contributed by atoms with Crippen LogP contribution in [0, 0.1) is 0 Å². The second-order valence-corrected chi connectivity index (χ2v) is 8.04. The maximum atomic E-state index is 5.80. The quantitative estimate of drug-likeness (QED) is 0.287. The normalized spacial score (nSPS) is 10.6. The Morgan fingerprint density at radius 3 is 1.00 bits per heavy atom. The molecule has 4 aromatic carbocycles. The molecule has 0 bridgehead atoms. The van der Waals surface area contributed by atoms with Gasteiger partial charge in [-0.15, -0.1) is 0 Å². The van der Waals surface area contributed by atoms with Crippen LogP contribution >= 0.6 is 0 Å². The molecule has 0 atom stereocenters. The highest BCUT2D eigenvalue weighted by molar-refractivity contribution is 5.73. The molecule has 0 aliphatic heterocycles. The molecule has 0 aliphatic rings. The second kappa shape index (κ2) is 10.8. The maximum absolute atomic E-state index is 5.80. The fourth-order valence-electron chi connectivity index (χ4n) is 4.25. The van der Waals surface area contributed by atoms with E-state index in [1.807, 2.05) is 60.7 Å². The van der Waals surface area contributed by atoms with Crippen molar-refractivity contribution in [3.8, 4) is 34.1 Å². The molecule has 0 N–H and O–H groups in total. The molecular weight excluding hydrogens is 424 g/mol. The van der Waals surface area contributed by atoms with Crippen molar-refractivity contribution in [2.75, 3.05) is 28.4 Å². The average Bonchev–Trinajstić information content (AvgIpc) is 2.89. The van der Waals surface area contributed by atoms with Gasteiger partial charge < -0.3 is 18.9 Å². The topological polar surface area (TPSA) is 36.9 Å². The van der Waals surface area contributed by atoms with Gasteiger partial charge in [-0.25, -0.2) is 0 Å². The summed E-state index contributed by atoms with van der Waals surface area (Å²) in [6, 6.07) is 28.8. The minimum Gasteiger partial charge on any atom is -0.496 e. The lowest BCUT2D eigenvalue weighted by molar-refractivity contribution is 0.386. The third kappa shape index (κ3) is 5.01. The molecular formula is C30H30O4. The molecule has 0 saturated carbocycles. The lowest BCUT2D eigenvalue weighted by Gasteiger charge is -2.18. The van der Waals surface area contributed by atoms with E-state index in [1.165, 1.54) is 11.1 Å². The van der Waals surface area contributed by atoms with Crippen molar-refractivity contribution < 1.29 is 18.9 Å². The van der Waals surface area contributed by atoms with Crippen molar-refractivity contribution in [1.82, 2.24) is 0 Å². The third-order valence-corrected chi connectivity index (χ3v) is 6.00. The fourth-order valence-corrected chi connectivity index (χ4v) is 4.25. The van der Waals surface area contributed by atoms with Crippen molar-refractivity contribution in [2.24, 2.45) is 0 Å². The van der Waals surface area contributed by atoms with Crippen LogP contribution in [0.4, 0.5) is 0 Å². The van der Waals surface area contributed by atoms with Gasteiger partial charge in [-0.1, -0.05) is 60.7 Å².